The van der Waals surface area contributed by atoms with Crippen LogP contribution in [0.4, 0.5) is 10.7 Å². The quantitative estimate of drug-likeness (QED) is 0.856. The normalized spacial score (nSPS) is 19.2. The predicted molar refractivity (Wildman–Crippen MR) is 75.7 cm³/mol. The third-order valence-electron chi connectivity index (χ3n) is 3.14. The van der Waals surface area contributed by atoms with E-state index in [-0.39, 0.29) is 11.9 Å². The van der Waals surface area contributed by atoms with Crippen LogP contribution >= 0.6 is 11.3 Å². The van der Waals surface area contributed by atoms with E-state index < -0.39 is 0 Å². The Morgan fingerprint density at radius 1 is 1.68 bits per heavy atom. The second-order valence-electron chi connectivity index (χ2n) is 4.54. The number of nitriles is 1. The molecular weight excluding hydrogens is 262 g/mol. The average molecular weight is 279 g/mol. The van der Waals surface area contributed by atoms with Gasteiger partial charge in [-0.2, -0.15) is 5.26 Å². The summed E-state index contributed by atoms with van der Waals surface area (Å²) in [4.78, 5) is 14.4. The van der Waals surface area contributed by atoms with Gasteiger partial charge in [0.1, 0.15) is 16.6 Å². The second-order valence-corrected chi connectivity index (χ2v) is 5.54. The van der Waals surface area contributed by atoms with Crippen molar-refractivity contribution in [1.82, 2.24) is 0 Å². The summed E-state index contributed by atoms with van der Waals surface area (Å²) < 4.78 is 5.49. The SMILES string of the molecule is CCC(=O)c1sc(N2CCOC(C)C2)c(C#N)c1N. The molecule has 1 aliphatic rings. The molecule has 0 aliphatic carbocycles. The van der Waals surface area contributed by atoms with E-state index in [1.54, 1.807) is 6.92 Å². The number of rotatable bonds is 3. The Kier molecular flexibility index (Phi) is 4.08. The summed E-state index contributed by atoms with van der Waals surface area (Å²) in [6.07, 6.45) is 0.517. The first-order valence-corrected chi connectivity index (χ1v) is 7.12. The molecule has 5 nitrogen and oxygen atoms in total. The maximum Gasteiger partial charge on any atom is 0.174 e. The van der Waals surface area contributed by atoms with Gasteiger partial charge in [-0.3, -0.25) is 4.79 Å². The van der Waals surface area contributed by atoms with Gasteiger partial charge in [0.25, 0.3) is 0 Å². The molecule has 19 heavy (non-hydrogen) atoms. The lowest BCUT2D eigenvalue weighted by Crippen LogP contribution is -2.41. The Labute approximate surface area is 116 Å². The molecule has 102 valence electrons. The molecule has 6 heteroatoms. The van der Waals surface area contributed by atoms with E-state index in [1.807, 2.05) is 6.92 Å². The summed E-state index contributed by atoms with van der Waals surface area (Å²) in [7, 11) is 0. The summed E-state index contributed by atoms with van der Waals surface area (Å²) in [5, 5.41) is 10.1. The highest BCUT2D eigenvalue weighted by Gasteiger charge is 2.26. The number of carbonyl (C=O) groups is 1. The van der Waals surface area contributed by atoms with Crippen molar-refractivity contribution in [3.8, 4) is 6.07 Å². The van der Waals surface area contributed by atoms with Crippen LogP contribution in [0, 0.1) is 11.3 Å². The third kappa shape index (κ3) is 2.57. The van der Waals surface area contributed by atoms with E-state index in [2.05, 4.69) is 11.0 Å². The molecule has 1 aliphatic heterocycles. The summed E-state index contributed by atoms with van der Waals surface area (Å²) in [6, 6.07) is 2.13. The van der Waals surface area contributed by atoms with E-state index in [9.17, 15) is 10.1 Å². The van der Waals surface area contributed by atoms with Crippen LogP contribution in [0.5, 0.6) is 0 Å². The summed E-state index contributed by atoms with van der Waals surface area (Å²) >= 11 is 1.33. The fourth-order valence-corrected chi connectivity index (χ4v) is 3.35. The zero-order valence-electron chi connectivity index (χ0n) is 11.1. The Morgan fingerprint density at radius 3 is 3.00 bits per heavy atom. The van der Waals surface area contributed by atoms with Gasteiger partial charge in [-0.05, 0) is 6.92 Å². The molecule has 1 aromatic rings. The molecule has 1 saturated heterocycles. The van der Waals surface area contributed by atoms with Crippen molar-refractivity contribution in [3.63, 3.8) is 0 Å². The van der Waals surface area contributed by atoms with Crippen molar-refractivity contribution < 1.29 is 9.53 Å². The van der Waals surface area contributed by atoms with Crippen molar-refractivity contribution in [3.05, 3.63) is 10.4 Å². The number of hydrogen-bond donors (Lipinski definition) is 1. The van der Waals surface area contributed by atoms with Crippen molar-refractivity contribution in [2.45, 2.75) is 26.4 Å². The van der Waals surface area contributed by atoms with Crippen molar-refractivity contribution in [2.75, 3.05) is 30.3 Å². The lowest BCUT2D eigenvalue weighted by atomic mass is 10.2. The van der Waals surface area contributed by atoms with Crippen LogP contribution in [0.1, 0.15) is 35.5 Å². The monoisotopic (exact) mass is 279 g/mol. The van der Waals surface area contributed by atoms with E-state index in [1.165, 1.54) is 11.3 Å². The summed E-state index contributed by atoms with van der Waals surface area (Å²) in [5.74, 6) is -0.00782. The number of ketones is 1. The second kappa shape index (κ2) is 5.59. The molecule has 1 atom stereocenters. The van der Waals surface area contributed by atoms with Crippen molar-refractivity contribution in [1.29, 1.82) is 5.26 Å². The standard InChI is InChI=1S/C13H17N3O2S/c1-3-10(17)12-11(15)9(6-14)13(19-12)16-4-5-18-8(2)7-16/h8H,3-5,7,15H2,1-2H3. The van der Waals surface area contributed by atoms with Crippen LogP contribution in [0.2, 0.25) is 0 Å². The molecule has 0 aromatic carbocycles. The zero-order valence-corrected chi connectivity index (χ0v) is 11.9. The fourth-order valence-electron chi connectivity index (χ4n) is 2.13. The number of hydrogen-bond acceptors (Lipinski definition) is 6. The molecule has 0 spiro atoms. The number of Topliss-reactive ketones (excluding diaryl/α,β-unsaturated/α-hetero) is 1. The van der Waals surface area contributed by atoms with Gasteiger partial charge in [0, 0.05) is 19.5 Å². The number of nitrogens with two attached hydrogens (primary N) is 1. The van der Waals surface area contributed by atoms with Crippen LogP contribution in [0.25, 0.3) is 0 Å². The van der Waals surface area contributed by atoms with E-state index in [4.69, 9.17) is 10.5 Å². The molecule has 1 aromatic heterocycles. The van der Waals surface area contributed by atoms with E-state index in [0.717, 1.165) is 11.5 Å². The molecule has 0 radical (unpaired) electrons. The van der Waals surface area contributed by atoms with Crippen LogP contribution < -0.4 is 10.6 Å². The predicted octanol–water partition coefficient (Wildman–Crippen LogP) is 2.02. The molecular formula is C13H17N3O2S. The molecule has 0 amide bonds. The van der Waals surface area contributed by atoms with Gasteiger partial charge in [0.05, 0.1) is 23.3 Å². The average Bonchev–Trinajstić information content (AvgIpc) is 2.75. The van der Waals surface area contributed by atoms with Crippen LogP contribution in [0.15, 0.2) is 0 Å². The van der Waals surface area contributed by atoms with Gasteiger partial charge in [-0.1, -0.05) is 6.92 Å². The Morgan fingerprint density at radius 2 is 2.42 bits per heavy atom. The Hall–Kier alpha value is -1.58. The number of thiophene rings is 1. The number of carbonyl (C=O) groups excluding carboxylic acids is 1. The first-order valence-electron chi connectivity index (χ1n) is 6.30. The van der Waals surface area contributed by atoms with E-state index in [0.29, 0.717) is 35.7 Å². The van der Waals surface area contributed by atoms with Crippen LogP contribution in [-0.4, -0.2) is 31.6 Å². The molecule has 0 saturated carbocycles. The summed E-state index contributed by atoms with van der Waals surface area (Å²) in [5.41, 5.74) is 6.70. The lowest BCUT2D eigenvalue weighted by molar-refractivity contribution is 0.0534. The highest BCUT2D eigenvalue weighted by atomic mass is 32.1. The van der Waals surface area contributed by atoms with Gasteiger partial charge in [-0.25, -0.2) is 0 Å². The number of anilines is 2. The van der Waals surface area contributed by atoms with Gasteiger partial charge >= 0.3 is 0 Å². The zero-order chi connectivity index (χ0) is 14.0. The number of morpholine rings is 1. The molecule has 1 unspecified atom stereocenters. The molecule has 1 fully saturated rings. The van der Waals surface area contributed by atoms with Crippen molar-refractivity contribution in [2.24, 2.45) is 0 Å². The largest absolute Gasteiger partial charge is 0.396 e. The van der Waals surface area contributed by atoms with Gasteiger partial charge in [-0.15, -0.1) is 11.3 Å². The Bertz CT molecular complexity index is 533. The number of nitrogen functional groups attached to an aromatic ring is 1. The molecule has 2 N–H and O–H groups in total. The minimum absolute atomic E-state index is 0.00782. The molecule has 2 heterocycles. The minimum atomic E-state index is -0.00782. The number of ether oxygens (including phenoxy) is 1. The maximum absolute atomic E-state index is 11.8. The maximum atomic E-state index is 11.8. The topological polar surface area (TPSA) is 79.3 Å². The lowest BCUT2D eigenvalue weighted by Gasteiger charge is -2.32. The van der Waals surface area contributed by atoms with Gasteiger partial charge in [0.2, 0.25) is 0 Å². The fraction of sp³-hybridized carbons (Fsp3) is 0.538. The smallest absolute Gasteiger partial charge is 0.174 e. The van der Waals surface area contributed by atoms with Gasteiger partial charge < -0.3 is 15.4 Å². The third-order valence-corrected chi connectivity index (χ3v) is 4.45. The van der Waals surface area contributed by atoms with Gasteiger partial charge in [0.15, 0.2) is 5.78 Å². The van der Waals surface area contributed by atoms with E-state index >= 15 is 0 Å². The molecule has 0 bridgehead atoms. The first-order chi connectivity index (χ1) is 9.08. The highest BCUT2D eigenvalue weighted by Crippen LogP contribution is 2.39. The first kappa shape index (κ1) is 13.8. The minimum Gasteiger partial charge on any atom is -0.396 e. The van der Waals surface area contributed by atoms with Crippen LogP contribution in [-0.2, 0) is 4.74 Å². The van der Waals surface area contributed by atoms with Crippen LogP contribution in [0.3, 0.4) is 0 Å². The summed E-state index contributed by atoms with van der Waals surface area (Å²) in [6.45, 7) is 5.85. The van der Waals surface area contributed by atoms with Crippen molar-refractivity contribution >= 4 is 27.8 Å². The highest BCUT2D eigenvalue weighted by molar-refractivity contribution is 7.19. The number of nitrogens with zero attached hydrogens (tertiary/aromatic N) is 2. The Balaban J connectivity index is 2.40. The molecule has 2 rings (SSSR count).